The van der Waals surface area contributed by atoms with Gasteiger partial charge < -0.3 is 15.4 Å². The number of halogens is 4. The number of alkyl halides is 3. The second-order valence-corrected chi connectivity index (χ2v) is 8.61. The number of urea groups is 1. The number of aryl methyl sites for hydroxylation is 1. The van der Waals surface area contributed by atoms with Crippen LogP contribution < -0.4 is 15.4 Å². The lowest BCUT2D eigenvalue weighted by atomic mass is 10.2. The number of carbonyl (C=O) groups excluding carboxylic acids is 1. The Labute approximate surface area is 219 Å². The molecule has 8 nitrogen and oxygen atoms in total. The van der Waals surface area contributed by atoms with Gasteiger partial charge in [-0.1, -0.05) is 11.6 Å². The Kier molecular flexibility index (Phi) is 6.60. The Hall–Kier alpha value is -4.64. The molecule has 0 radical (unpaired) electrons. The molecule has 2 amide bonds. The van der Waals surface area contributed by atoms with Crippen molar-refractivity contribution in [3.8, 4) is 17.3 Å². The molecule has 3 aromatic carbocycles. The highest BCUT2D eigenvalue weighted by molar-refractivity contribution is 6.31. The van der Waals surface area contributed by atoms with Crippen molar-refractivity contribution in [2.24, 2.45) is 0 Å². The maximum Gasteiger partial charge on any atom is 0.417 e. The van der Waals surface area contributed by atoms with Gasteiger partial charge in [-0.15, -0.1) is 0 Å². The molecule has 0 atom stereocenters. The van der Waals surface area contributed by atoms with E-state index in [0.29, 0.717) is 34.0 Å². The van der Waals surface area contributed by atoms with E-state index in [-0.39, 0.29) is 5.69 Å². The summed E-state index contributed by atoms with van der Waals surface area (Å²) in [5.74, 6) is 1.65. The monoisotopic (exact) mass is 538 g/mol. The number of rotatable bonds is 5. The molecule has 0 spiro atoms. The van der Waals surface area contributed by atoms with Crippen LogP contribution in [-0.2, 0) is 6.18 Å². The van der Waals surface area contributed by atoms with Crippen molar-refractivity contribution in [1.29, 1.82) is 0 Å². The molecule has 2 aromatic heterocycles. The lowest BCUT2D eigenvalue weighted by Crippen LogP contribution is -2.19. The van der Waals surface area contributed by atoms with Crippen molar-refractivity contribution < 1.29 is 22.7 Å². The van der Waals surface area contributed by atoms with Gasteiger partial charge in [0.1, 0.15) is 17.8 Å². The third-order valence-electron chi connectivity index (χ3n) is 5.35. The second-order valence-electron chi connectivity index (χ2n) is 8.20. The van der Waals surface area contributed by atoms with Crippen molar-refractivity contribution in [1.82, 2.24) is 19.5 Å². The summed E-state index contributed by atoms with van der Waals surface area (Å²) in [5.41, 5.74) is 1.52. The lowest BCUT2D eigenvalue weighted by molar-refractivity contribution is -0.137. The Bertz CT molecular complexity index is 1640. The molecular formula is C26H18ClF3N6O2. The summed E-state index contributed by atoms with van der Waals surface area (Å²) in [6.45, 7) is 1.89. The summed E-state index contributed by atoms with van der Waals surface area (Å²) in [7, 11) is 0. The van der Waals surface area contributed by atoms with E-state index in [0.717, 1.165) is 17.8 Å². The van der Waals surface area contributed by atoms with Crippen molar-refractivity contribution in [3.63, 3.8) is 0 Å². The largest absolute Gasteiger partial charge is 0.457 e. The van der Waals surface area contributed by atoms with Crippen molar-refractivity contribution >= 4 is 40.0 Å². The highest BCUT2D eigenvalue weighted by Crippen LogP contribution is 2.36. The molecule has 0 saturated heterocycles. The first kappa shape index (κ1) is 25.0. The first-order chi connectivity index (χ1) is 18.1. The quantitative estimate of drug-likeness (QED) is 0.246. The number of carbonyl (C=O) groups is 1. The SMILES string of the molecule is Cc1cn(-c2cnc3ccc(Oc4ccc(NC(=O)Nc5ccc(Cl)c(C(F)(F)F)c5)cc4)cc3n2)cn1. The minimum Gasteiger partial charge on any atom is -0.457 e. The number of fused-ring (bicyclic) bond motifs is 1. The Morgan fingerprint density at radius 3 is 2.34 bits per heavy atom. The Morgan fingerprint density at radius 2 is 1.63 bits per heavy atom. The van der Waals surface area contributed by atoms with Crippen LogP contribution in [0.1, 0.15) is 11.3 Å². The molecule has 38 heavy (non-hydrogen) atoms. The molecule has 192 valence electrons. The fourth-order valence-corrected chi connectivity index (χ4v) is 3.80. The van der Waals surface area contributed by atoms with E-state index in [9.17, 15) is 18.0 Å². The smallest absolute Gasteiger partial charge is 0.417 e. The second kappa shape index (κ2) is 10.0. The number of aromatic nitrogens is 4. The van der Waals surface area contributed by atoms with Crippen LogP contribution in [0, 0.1) is 6.92 Å². The average molecular weight is 539 g/mol. The average Bonchev–Trinajstić information content (AvgIpc) is 3.31. The molecule has 0 saturated carbocycles. The van der Waals surface area contributed by atoms with Gasteiger partial charge in [-0.25, -0.2) is 14.8 Å². The van der Waals surface area contributed by atoms with Crippen LogP contribution in [0.25, 0.3) is 16.9 Å². The molecule has 0 aliphatic rings. The van der Waals surface area contributed by atoms with E-state index in [1.54, 1.807) is 59.6 Å². The topological polar surface area (TPSA) is 94.0 Å². The normalized spacial score (nSPS) is 11.4. The van der Waals surface area contributed by atoms with Crippen molar-refractivity contribution in [2.75, 3.05) is 10.6 Å². The van der Waals surface area contributed by atoms with Crippen LogP contribution in [0.4, 0.5) is 29.3 Å². The molecule has 0 bridgehead atoms. The van der Waals surface area contributed by atoms with Crippen LogP contribution in [0.5, 0.6) is 11.5 Å². The predicted octanol–water partition coefficient (Wildman–Crippen LogP) is 7.23. The zero-order valence-electron chi connectivity index (χ0n) is 19.6. The molecule has 2 N–H and O–H groups in total. The number of amides is 2. The number of ether oxygens (including phenoxy) is 1. The molecule has 5 rings (SSSR count). The van der Waals surface area contributed by atoms with Crippen molar-refractivity contribution in [2.45, 2.75) is 13.1 Å². The summed E-state index contributed by atoms with van der Waals surface area (Å²) in [4.78, 5) is 25.5. The van der Waals surface area contributed by atoms with E-state index in [1.165, 1.54) is 6.07 Å². The van der Waals surface area contributed by atoms with Gasteiger partial charge in [0, 0.05) is 23.6 Å². The van der Waals surface area contributed by atoms with Gasteiger partial charge in [-0.3, -0.25) is 9.55 Å². The maximum absolute atomic E-state index is 13.0. The van der Waals surface area contributed by atoms with E-state index < -0.39 is 22.8 Å². The first-order valence-corrected chi connectivity index (χ1v) is 11.5. The summed E-state index contributed by atoms with van der Waals surface area (Å²) < 4.78 is 46.8. The molecule has 12 heteroatoms. The van der Waals surface area contributed by atoms with Crippen LogP contribution in [0.2, 0.25) is 5.02 Å². The van der Waals surface area contributed by atoms with E-state index >= 15 is 0 Å². The summed E-state index contributed by atoms with van der Waals surface area (Å²) in [6.07, 6.45) is 0.534. The van der Waals surface area contributed by atoms with Gasteiger partial charge in [0.15, 0.2) is 5.82 Å². The van der Waals surface area contributed by atoms with Gasteiger partial charge in [0.2, 0.25) is 0 Å². The minimum absolute atomic E-state index is 0.0510. The highest BCUT2D eigenvalue weighted by atomic mass is 35.5. The summed E-state index contributed by atoms with van der Waals surface area (Å²) >= 11 is 5.61. The Balaban J connectivity index is 1.24. The summed E-state index contributed by atoms with van der Waals surface area (Å²) in [5, 5.41) is 4.46. The van der Waals surface area contributed by atoms with Crippen LogP contribution in [0.15, 0.2) is 79.4 Å². The number of nitrogens with zero attached hydrogens (tertiary/aromatic N) is 4. The molecular weight excluding hydrogens is 521 g/mol. The van der Waals surface area contributed by atoms with Gasteiger partial charge >= 0.3 is 12.2 Å². The number of hydrogen-bond donors (Lipinski definition) is 2. The lowest BCUT2D eigenvalue weighted by Gasteiger charge is -2.12. The molecule has 0 aliphatic carbocycles. The molecule has 0 aliphatic heterocycles. The standard InChI is InChI=1S/C26H18ClF3N6O2/c1-15-13-36(14-32-15)24-12-31-22-9-7-19(11-23(22)35-24)38-18-5-2-16(3-6-18)33-25(37)34-17-4-8-21(27)20(10-17)26(28,29)30/h2-14H,1H3,(H2,33,34,37). The van der Waals surface area contributed by atoms with E-state index in [2.05, 4.69) is 25.6 Å². The van der Waals surface area contributed by atoms with Gasteiger partial charge in [-0.2, -0.15) is 13.2 Å². The minimum atomic E-state index is -4.64. The molecule has 2 heterocycles. The first-order valence-electron chi connectivity index (χ1n) is 11.1. The van der Waals surface area contributed by atoms with Crippen LogP contribution in [-0.4, -0.2) is 25.6 Å². The number of hydrogen-bond acceptors (Lipinski definition) is 5. The molecule has 0 fully saturated rings. The third kappa shape index (κ3) is 5.68. The molecule has 5 aromatic rings. The van der Waals surface area contributed by atoms with E-state index in [4.69, 9.17) is 16.3 Å². The predicted molar refractivity (Wildman–Crippen MR) is 137 cm³/mol. The highest BCUT2D eigenvalue weighted by Gasteiger charge is 2.33. The summed E-state index contributed by atoms with van der Waals surface area (Å²) in [6, 6.07) is 14.2. The number of nitrogens with one attached hydrogen (secondary N) is 2. The zero-order chi connectivity index (χ0) is 26.9. The third-order valence-corrected chi connectivity index (χ3v) is 5.68. The zero-order valence-corrected chi connectivity index (χ0v) is 20.4. The fraction of sp³-hybridized carbons (Fsp3) is 0.0769. The van der Waals surface area contributed by atoms with Crippen LogP contribution >= 0.6 is 11.6 Å². The number of anilines is 2. The Morgan fingerprint density at radius 1 is 0.921 bits per heavy atom. The fourth-order valence-electron chi connectivity index (χ4n) is 3.57. The molecule has 0 unspecified atom stereocenters. The van der Waals surface area contributed by atoms with Gasteiger partial charge in [0.05, 0.1) is 33.5 Å². The van der Waals surface area contributed by atoms with Gasteiger partial charge in [0.25, 0.3) is 0 Å². The maximum atomic E-state index is 13.0. The number of imidazole rings is 1. The van der Waals surface area contributed by atoms with Crippen molar-refractivity contribution in [3.05, 3.63) is 95.7 Å². The van der Waals surface area contributed by atoms with Gasteiger partial charge in [-0.05, 0) is 61.5 Å². The van der Waals surface area contributed by atoms with E-state index in [1.807, 2.05) is 13.1 Å². The number of benzene rings is 3. The van der Waals surface area contributed by atoms with Crippen LogP contribution in [0.3, 0.4) is 0 Å².